The van der Waals surface area contributed by atoms with E-state index in [0.717, 1.165) is 49.4 Å². The van der Waals surface area contributed by atoms with Gasteiger partial charge in [0.25, 0.3) is 0 Å². The summed E-state index contributed by atoms with van der Waals surface area (Å²) in [6.07, 6.45) is 0. The summed E-state index contributed by atoms with van der Waals surface area (Å²) in [4.78, 5) is 0. The molecule has 32 heavy (non-hydrogen) atoms. The zero-order valence-corrected chi connectivity index (χ0v) is 30.0. The normalized spacial score (nSPS) is 46.4. The van der Waals surface area contributed by atoms with Crippen molar-refractivity contribution >= 4 is 169 Å². The molecule has 0 aromatic heterocycles. The first-order valence-corrected chi connectivity index (χ1v) is 20.6. The molecule has 0 aliphatic carbocycles. The van der Waals surface area contributed by atoms with Gasteiger partial charge in [-0.1, -0.05) is 0 Å². The summed E-state index contributed by atoms with van der Waals surface area (Å²) in [7, 11) is -0.619. The van der Waals surface area contributed by atoms with Crippen LogP contribution in [0.2, 0.25) is 0 Å². The van der Waals surface area contributed by atoms with E-state index in [-0.39, 0.29) is 20.1 Å². The van der Waals surface area contributed by atoms with Crippen LogP contribution in [0.15, 0.2) is 35.8 Å². The summed E-state index contributed by atoms with van der Waals surface area (Å²) in [5, 5.41) is 11.5. The highest BCUT2D eigenvalue weighted by molar-refractivity contribution is 9.15. The molecular formula is C22H10Br8S2. The number of fused-ring (bicyclic) bond motifs is 4. The van der Waals surface area contributed by atoms with Crippen LogP contribution in [0.1, 0.15) is 21.6 Å². The Morgan fingerprint density at radius 1 is 0.438 bits per heavy atom. The van der Waals surface area contributed by atoms with Gasteiger partial charge in [-0.05, 0) is 150 Å². The van der Waals surface area contributed by atoms with E-state index in [4.69, 9.17) is 0 Å². The fourth-order valence-electron chi connectivity index (χ4n) is 6.99. The minimum atomic E-state index is -0.310. The number of rotatable bonds is 2. The number of hydrogen-bond donors (Lipinski definition) is 0. The quantitative estimate of drug-likeness (QED) is 0.104. The molecule has 6 saturated heterocycles. The zero-order valence-electron chi connectivity index (χ0n) is 15.7. The molecule has 166 valence electrons. The van der Waals surface area contributed by atoms with Crippen LogP contribution >= 0.6 is 147 Å². The Kier molecular flexibility index (Phi) is 4.15. The number of hydrogen-bond acceptors (Lipinski definition) is 0. The topological polar surface area (TPSA) is 0 Å². The van der Waals surface area contributed by atoms with Gasteiger partial charge in [0, 0.05) is 88.8 Å². The van der Waals surface area contributed by atoms with Crippen molar-refractivity contribution in [2.75, 3.05) is 11.5 Å². The molecule has 8 atom stereocenters. The van der Waals surface area contributed by atoms with E-state index in [9.17, 15) is 0 Å². The van der Waals surface area contributed by atoms with Crippen molar-refractivity contribution in [3.63, 3.8) is 0 Å². The molecule has 0 amide bonds. The van der Waals surface area contributed by atoms with Crippen molar-refractivity contribution in [3.8, 4) is 0 Å². The molecule has 6 aliphatic rings. The minimum absolute atomic E-state index is 0.310. The van der Waals surface area contributed by atoms with Crippen molar-refractivity contribution in [2.45, 2.75) is 31.5 Å². The van der Waals surface area contributed by atoms with Crippen LogP contribution < -0.4 is 0 Å². The predicted molar refractivity (Wildman–Crippen MR) is 169 cm³/mol. The van der Waals surface area contributed by atoms with Crippen molar-refractivity contribution in [1.82, 2.24) is 0 Å². The maximum Gasteiger partial charge on any atom is 0.0477 e. The van der Waals surface area contributed by atoms with Crippen LogP contribution in [0.25, 0.3) is 21.5 Å². The first-order valence-electron chi connectivity index (χ1n) is 10.2. The Bertz CT molecular complexity index is 1390. The maximum atomic E-state index is 4.06. The third-order valence-electron chi connectivity index (χ3n) is 8.97. The van der Waals surface area contributed by atoms with Gasteiger partial charge in [-0.2, -0.15) is 0 Å². The monoisotopic (exact) mass is 969 g/mol. The third kappa shape index (κ3) is 2.12. The summed E-state index contributed by atoms with van der Waals surface area (Å²) in [6.45, 7) is 0. The molecule has 0 radical (unpaired) electrons. The van der Waals surface area contributed by atoms with Gasteiger partial charge in [0.15, 0.2) is 0 Å². The molecule has 6 fully saturated rings. The van der Waals surface area contributed by atoms with Crippen molar-refractivity contribution in [1.29, 1.82) is 0 Å². The van der Waals surface area contributed by atoms with Gasteiger partial charge in [0.2, 0.25) is 0 Å². The molecule has 3 aromatic carbocycles. The molecular weight excluding hydrogens is 968 g/mol. The van der Waals surface area contributed by atoms with Crippen LogP contribution in [-0.2, 0) is 0 Å². The SMILES string of the molecule is Brc1c(Br)c(Br)c2c(C3C4C5CS534)c3c(Br)c(Br)c(Br)c(Br)c3c(C3C4C5CS534)c2c1Br. The molecule has 0 bridgehead atoms. The smallest absolute Gasteiger partial charge is 0.0477 e. The van der Waals surface area contributed by atoms with Gasteiger partial charge in [-0.3, -0.25) is 0 Å². The lowest BCUT2D eigenvalue weighted by atomic mass is 9.87. The van der Waals surface area contributed by atoms with Gasteiger partial charge in [0.1, 0.15) is 0 Å². The molecule has 10 heteroatoms. The summed E-state index contributed by atoms with van der Waals surface area (Å²) >= 11 is 31.8. The summed E-state index contributed by atoms with van der Waals surface area (Å²) in [5.74, 6) is 3.03. The fourth-order valence-corrected chi connectivity index (χ4v) is 22.3. The van der Waals surface area contributed by atoms with Crippen molar-refractivity contribution in [2.24, 2.45) is 0 Å². The molecule has 6 aliphatic heterocycles. The molecule has 0 nitrogen and oxygen atoms in total. The van der Waals surface area contributed by atoms with E-state index in [1.54, 1.807) is 11.1 Å². The first-order chi connectivity index (χ1) is 15.2. The van der Waals surface area contributed by atoms with Crippen molar-refractivity contribution < 1.29 is 0 Å². The van der Waals surface area contributed by atoms with Crippen LogP contribution in [0.4, 0.5) is 0 Å². The second-order valence-electron chi connectivity index (χ2n) is 9.84. The maximum absolute atomic E-state index is 4.06. The molecule has 8 unspecified atom stereocenters. The average molecular weight is 978 g/mol. The highest BCUT2D eigenvalue weighted by atomic mass is 79.9. The second kappa shape index (κ2) is 6.13. The van der Waals surface area contributed by atoms with Crippen molar-refractivity contribution in [3.05, 3.63) is 46.9 Å². The molecule has 2 spiro atoms. The Morgan fingerprint density at radius 2 is 0.688 bits per heavy atom. The lowest BCUT2D eigenvalue weighted by Gasteiger charge is -2.25. The summed E-state index contributed by atoms with van der Waals surface area (Å²) in [5.41, 5.74) is 3.17. The van der Waals surface area contributed by atoms with Gasteiger partial charge in [-0.15, -0.1) is 0 Å². The highest BCUT2D eigenvalue weighted by Gasteiger charge is 2.95. The summed E-state index contributed by atoms with van der Waals surface area (Å²) < 4.78 is 9.26. The van der Waals surface area contributed by atoms with E-state index >= 15 is 0 Å². The highest BCUT2D eigenvalue weighted by Crippen LogP contribution is 3.15. The minimum Gasteiger partial charge on any atom is -0.222 e. The van der Waals surface area contributed by atoms with Crippen LogP contribution in [-0.4, -0.2) is 32.5 Å². The van der Waals surface area contributed by atoms with E-state index in [2.05, 4.69) is 127 Å². The Morgan fingerprint density at radius 3 is 0.875 bits per heavy atom. The molecule has 0 saturated carbocycles. The van der Waals surface area contributed by atoms with Crippen LogP contribution in [0.3, 0.4) is 0 Å². The Balaban J connectivity index is 1.55. The first kappa shape index (κ1) is 21.6. The lowest BCUT2D eigenvalue weighted by Crippen LogP contribution is -2.05. The Labute approximate surface area is 255 Å². The van der Waals surface area contributed by atoms with Gasteiger partial charge in [-0.25, -0.2) is 20.1 Å². The van der Waals surface area contributed by atoms with Gasteiger partial charge in [0.05, 0.1) is 0 Å². The van der Waals surface area contributed by atoms with Crippen LogP contribution in [0.5, 0.6) is 0 Å². The standard InChI is InChI=1S/C22H10Br8S2/c23-11-5-7(13(25)17(29)15(11)27)10(22-20-4-2-32(4,20)22)8-6(12(24)16(28)18(30)14(8)26)9(5)21-19-3-1-31(3,19)21/h3-4,19-22H,1-2H2. The average Bonchev–Trinajstić information content (AvgIpc) is 3.54. The second-order valence-corrected chi connectivity index (χ2v) is 23.8. The van der Waals surface area contributed by atoms with E-state index < -0.39 is 0 Å². The van der Waals surface area contributed by atoms with Gasteiger partial charge < -0.3 is 0 Å². The van der Waals surface area contributed by atoms with Crippen LogP contribution in [0, 0.1) is 0 Å². The third-order valence-corrected chi connectivity index (χ3v) is 27.6. The number of halogens is 8. The Hall–Kier alpha value is 2.72. The number of benzene rings is 3. The molecule has 3 aromatic rings. The van der Waals surface area contributed by atoms with E-state index in [0.29, 0.717) is 0 Å². The molecule has 0 N–H and O–H groups in total. The predicted octanol–water partition coefficient (Wildman–Crippen LogP) is 11.3. The lowest BCUT2D eigenvalue weighted by molar-refractivity contribution is 0.969. The largest absolute Gasteiger partial charge is 0.222 e. The van der Waals surface area contributed by atoms with E-state index in [1.165, 1.54) is 50.9 Å². The fraction of sp³-hybridized carbons (Fsp3) is 0.364. The summed E-state index contributed by atoms with van der Waals surface area (Å²) in [6, 6.07) is 0. The van der Waals surface area contributed by atoms with Gasteiger partial charge >= 0.3 is 0 Å². The van der Waals surface area contributed by atoms with E-state index in [1.807, 2.05) is 0 Å². The zero-order chi connectivity index (χ0) is 22.0. The molecule has 9 rings (SSSR count). The molecule has 6 heterocycles.